The summed E-state index contributed by atoms with van der Waals surface area (Å²) < 4.78 is 14.9. The fourth-order valence-corrected chi connectivity index (χ4v) is 3.64. The zero-order valence-corrected chi connectivity index (χ0v) is 13.1. The number of halogens is 1. The van der Waals surface area contributed by atoms with Crippen molar-refractivity contribution in [3.63, 3.8) is 0 Å². The maximum Gasteiger partial charge on any atom is 0.256 e. The highest BCUT2D eigenvalue weighted by Gasteiger charge is 2.32. The van der Waals surface area contributed by atoms with E-state index in [1.165, 1.54) is 16.8 Å². The van der Waals surface area contributed by atoms with E-state index in [9.17, 15) is 14.3 Å². The molecule has 4 rings (SSSR count). The van der Waals surface area contributed by atoms with Gasteiger partial charge in [-0.1, -0.05) is 0 Å². The predicted octanol–water partition coefficient (Wildman–Crippen LogP) is 1.69. The Morgan fingerprint density at radius 3 is 3.08 bits per heavy atom. The number of carbonyl (C=O) groups is 1. The average molecular weight is 330 g/mol. The number of aliphatic hydroxyl groups is 1. The minimum Gasteiger partial charge on any atom is -0.393 e. The van der Waals surface area contributed by atoms with Gasteiger partial charge in [0.25, 0.3) is 5.91 Å². The van der Waals surface area contributed by atoms with E-state index in [1.807, 2.05) is 0 Å². The number of rotatable bonds is 1. The second-order valence-corrected chi connectivity index (χ2v) is 6.46. The van der Waals surface area contributed by atoms with Gasteiger partial charge in [0.15, 0.2) is 0 Å². The number of hydrogen-bond donors (Lipinski definition) is 3. The van der Waals surface area contributed by atoms with Crippen molar-refractivity contribution in [3.8, 4) is 0 Å². The summed E-state index contributed by atoms with van der Waals surface area (Å²) in [5.74, 6) is -0.750. The lowest BCUT2D eigenvalue weighted by molar-refractivity contribution is 0.0858. The van der Waals surface area contributed by atoms with Gasteiger partial charge in [0.1, 0.15) is 11.6 Å². The fourth-order valence-electron chi connectivity index (χ4n) is 3.64. The van der Waals surface area contributed by atoms with Crippen LogP contribution >= 0.6 is 0 Å². The lowest BCUT2D eigenvalue weighted by Gasteiger charge is -2.25. The van der Waals surface area contributed by atoms with Gasteiger partial charge in [-0.25, -0.2) is 4.39 Å². The number of aliphatic hydroxyl groups excluding tert-OH is 1. The number of fused-ring (bicyclic) bond motifs is 2. The van der Waals surface area contributed by atoms with Gasteiger partial charge in [-0.2, -0.15) is 9.78 Å². The third-order valence-electron chi connectivity index (χ3n) is 4.91. The lowest BCUT2D eigenvalue weighted by Crippen LogP contribution is -2.28. The summed E-state index contributed by atoms with van der Waals surface area (Å²) >= 11 is 0. The van der Waals surface area contributed by atoms with Crippen molar-refractivity contribution in [2.45, 2.75) is 37.7 Å². The van der Waals surface area contributed by atoms with Crippen LogP contribution in [-0.2, 0) is 12.8 Å². The summed E-state index contributed by atoms with van der Waals surface area (Å²) in [5, 5.41) is 17.3. The van der Waals surface area contributed by atoms with Crippen molar-refractivity contribution in [1.82, 2.24) is 9.78 Å². The molecule has 7 heteroatoms. The lowest BCUT2D eigenvalue weighted by atomic mass is 9.90. The number of nitrogens with two attached hydrogens (primary N) is 1. The Morgan fingerprint density at radius 2 is 2.25 bits per heavy atom. The van der Waals surface area contributed by atoms with Crippen LogP contribution in [0.3, 0.4) is 0 Å². The minimum atomic E-state index is -0.481. The molecule has 2 aromatic rings. The molecule has 0 unspecified atom stereocenters. The van der Waals surface area contributed by atoms with E-state index >= 15 is 0 Å². The van der Waals surface area contributed by atoms with Crippen LogP contribution in [0.15, 0.2) is 18.2 Å². The van der Waals surface area contributed by atoms with Crippen molar-refractivity contribution in [3.05, 3.63) is 40.8 Å². The molecule has 1 aromatic heterocycles. The highest BCUT2D eigenvalue weighted by atomic mass is 19.1. The van der Waals surface area contributed by atoms with Gasteiger partial charge in [0.05, 0.1) is 17.7 Å². The fraction of sp³-hybridized carbons (Fsp3) is 0.412. The number of nitrogens with zero attached hydrogens (tertiary/aromatic N) is 2. The highest BCUT2D eigenvalue weighted by Crippen LogP contribution is 2.35. The second-order valence-electron chi connectivity index (χ2n) is 6.46. The van der Waals surface area contributed by atoms with Crippen LogP contribution < -0.4 is 11.1 Å². The smallest absolute Gasteiger partial charge is 0.256 e. The Morgan fingerprint density at radius 1 is 1.42 bits per heavy atom. The predicted molar refractivity (Wildman–Crippen MR) is 87.5 cm³/mol. The van der Waals surface area contributed by atoms with Gasteiger partial charge in [-0.15, -0.1) is 0 Å². The van der Waals surface area contributed by atoms with Gasteiger partial charge in [-0.3, -0.25) is 4.79 Å². The number of nitrogens with one attached hydrogen (secondary N) is 1. The molecule has 0 saturated carbocycles. The molecule has 1 aliphatic carbocycles. The van der Waals surface area contributed by atoms with E-state index < -0.39 is 12.0 Å². The third kappa shape index (κ3) is 2.36. The molecule has 2 heterocycles. The van der Waals surface area contributed by atoms with Crippen LogP contribution in [0.1, 0.15) is 40.4 Å². The third-order valence-corrected chi connectivity index (χ3v) is 4.91. The van der Waals surface area contributed by atoms with E-state index in [0.29, 0.717) is 49.3 Å². The maximum atomic E-state index is 13.6. The second kappa shape index (κ2) is 5.59. The topological polar surface area (TPSA) is 93.2 Å². The summed E-state index contributed by atoms with van der Waals surface area (Å²) in [5.41, 5.74) is 9.08. The molecule has 0 spiro atoms. The van der Waals surface area contributed by atoms with E-state index in [4.69, 9.17) is 5.73 Å². The highest BCUT2D eigenvalue weighted by molar-refractivity contribution is 5.90. The van der Waals surface area contributed by atoms with Crippen molar-refractivity contribution >= 4 is 17.4 Å². The first-order valence-corrected chi connectivity index (χ1v) is 8.16. The minimum absolute atomic E-state index is 0.246. The molecule has 0 amide bonds. The Kier molecular flexibility index (Phi) is 3.53. The Labute approximate surface area is 138 Å². The molecule has 126 valence electrons. The Balaban J connectivity index is 1.72. The van der Waals surface area contributed by atoms with E-state index in [0.717, 1.165) is 11.3 Å². The molecular weight excluding hydrogens is 311 g/mol. The summed E-state index contributed by atoms with van der Waals surface area (Å²) in [6.07, 6.45) is 1.77. The zero-order valence-electron chi connectivity index (χ0n) is 13.1. The number of carbonyl (C=O) groups excluding carboxylic acids is 1. The summed E-state index contributed by atoms with van der Waals surface area (Å²) in [4.78, 5) is 13.0. The molecule has 4 N–H and O–H groups in total. The molecule has 2 aliphatic rings. The van der Waals surface area contributed by atoms with Crippen LogP contribution in [-0.4, -0.2) is 33.4 Å². The zero-order chi connectivity index (χ0) is 16.8. The molecule has 0 saturated heterocycles. The quantitative estimate of drug-likeness (QED) is 0.740. The first kappa shape index (κ1) is 15.1. The number of hydrogen-bond acceptors (Lipinski definition) is 5. The van der Waals surface area contributed by atoms with Gasteiger partial charge < -0.3 is 16.2 Å². The number of anilines is 2. The van der Waals surface area contributed by atoms with Crippen molar-refractivity contribution in [1.29, 1.82) is 0 Å². The van der Waals surface area contributed by atoms with Crippen LogP contribution in [0.4, 0.5) is 15.9 Å². The van der Waals surface area contributed by atoms with Crippen LogP contribution in [0, 0.1) is 5.82 Å². The standard InChI is InChI=1S/C17H19FN4O2/c18-9-1-4-14-13(7-9)11(5-6-20-14)17(24)22-16(19)12-3-2-10(23)8-15(12)21-22/h1,4,7,10-11,20,23H,2-3,5-6,8,19H2/t10-,11-/m1/s1. The average Bonchev–Trinajstić information content (AvgIpc) is 2.89. The summed E-state index contributed by atoms with van der Waals surface area (Å²) in [7, 11) is 0. The van der Waals surface area contributed by atoms with E-state index in [1.54, 1.807) is 6.07 Å². The first-order valence-electron chi connectivity index (χ1n) is 8.16. The maximum absolute atomic E-state index is 13.6. The Bertz CT molecular complexity index is 817. The van der Waals surface area contributed by atoms with Crippen LogP contribution in [0.25, 0.3) is 0 Å². The van der Waals surface area contributed by atoms with Gasteiger partial charge in [0.2, 0.25) is 0 Å². The van der Waals surface area contributed by atoms with E-state index in [-0.39, 0.29) is 11.7 Å². The van der Waals surface area contributed by atoms with Gasteiger partial charge in [0, 0.05) is 24.2 Å². The number of aromatic nitrogens is 2. The molecule has 6 nitrogen and oxygen atoms in total. The van der Waals surface area contributed by atoms with Gasteiger partial charge >= 0.3 is 0 Å². The van der Waals surface area contributed by atoms with Crippen LogP contribution in [0.5, 0.6) is 0 Å². The molecular formula is C17H19FN4O2. The van der Waals surface area contributed by atoms with Crippen molar-refractivity contribution in [2.24, 2.45) is 0 Å². The number of nitrogen functional groups attached to an aromatic ring is 1. The monoisotopic (exact) mass is 330 g/mol. The molecule has 0 bridgehead atoms. The SMILES string of the molecule is Nc1c2c(nn1C(=O)[C@@H]1CCNc3ccc(F)cc31)C[C@H](O)CC2. The first-order chi connectivity index (χ1) is 11.5. The number of benzene rings is 1. The molecule has 1 aromatic carbocycles. The van der Waals surface area contributed by atoms with Gasteiger partial charge in [-0.05, 0) is 43.0 Å². The Hall–Kier alpha value is -2.41. The van der Waals surface area contributed by atoms with Crippen LogP contribution in [0.2, 0.25) is 0 Å². The summed E-state index contributed by atoms with van der Waals surface area (Å²) in [6, 6.07) is 4.42. The van der Waals surface area contributed by atoms with Crippen molar-refractivity contribution in [2.75, 3.05) is 17.6 Å². The van der Waals surface area contributed by atoms with Crippen molar-refractivity contribution < 1.29 is 14.3 Å². The molecule has 0 fully saturated rings. The molecule has 24 heavy (non-hydrogen) atoms. The molecule has 2 atom stereocenters. The normalized spacial score (nSPS) is 22.4. The summed E-state index contributed by atoms with van der Waals surface area (Å²) in [6.45, 7) is 0.634. The van der Waals surface area contributed by atoms with E-state index in [2.05, 4.69) is 10.4 Å². The molecule has 1 aliphatic heterocycles. The molecule has 0 radical (unpaired) electrons. The largest absolute Gasteiger partial charge is 0.393 e.